The summed E-state index contributed by atoms with van der Waals surface area (Å²) in [5.74, 6) is 0. The summed E-state index contributed by atoms with van der Waals surface area (Å²) in [7, 11) is 0. The third kappa shape index (κ3) is 1.57. The Kier molecular flexibility index (Phi) is 2.14. The monoisotopic (exact) mass is 186 g/mol. The second-order valence-electron chi connectivity index (χ2n) is 3.11. The molecule has 0 aromatic carbocycles. The number of hydrogen-bond acceptors (Lipinski definition) is 2. The van der Waals surface area contributed by atoms with Crippen molar-refractivity contribution >= 4 is 0 Å². The van der Waals surface area contributed by atoms with Gasteiger partial charge in [0.2, 0.25) is 5.56 Å². The van der Waals surface area contributed by atoms with Gasteiger partial charge in [0.1, 0.15) is 0 Å². The SMILES string of the molecule is Cc1cccnc1-c1cc[nH]c(=O)c1. The molecule has 2 heterocycles. The third-order valence-corrected chi connectivity index (χ3v) is 2.06. The van der Waals surface area contributed by atoms with Crippen LogP contribution in [0.1, 0.15) is 5.56 Å². The van der Waals surface area contributed by atoms with Crippen molar-refractivity contribution in [3.63, 3.8) is 0 Å². The van der Waals surface area contributed by atoms with Gasteiger partial charge in [-0.15, -0.1) is 0 Å². The molecule has 14 heavy (non-hydrogen) atoms. The summed E-state index contributed by atoms with van der Waals surface area (Å²) >= 11 is 0. The van der Waals surface area contributed by atoms with Crippen molar-refractivity contribution < 1.29 is 0 Å². The van der Waals surface area contributed by atoms with Gasteiger partial charge >= 0.3 is 0 Å². The Balaban J connectivity index is 2.61. The van der Waals surface area contributed by atoms with E-state index < -0.39 is 0 Å². The van der Waals surface area contributed by atoms with Crippen LogP contribution < -0.4 is 5.56 Å². The Morgan fingerprint density at radius 1 is 1.36 bits per heavy atom. The van der Waals surface area contributed by atoms with E-state index in [1.54, 1.807) is 18.5 Å². The first-order chi connectivity index (χ1) is 6.77. The fourth-order valence-electron chi connectivity index (χ4n) is 1.38. The minimum Gasteiger partial charge on any atom is -0.329 e. The lowest BCUT2D eigenvalue weighted by Crippen LogP contribution is -2.02. The van der Waals surface area contributed by atoms with Gasteiger partial charge in [-0.25, -0.2) is 0 Å². The van der Waals surface area contributed by atoms with Crippen molar-refractivity contribution in [1.82, 2.24) is 9.97 Å². The Labute approximate surface area is 81.5 Å². The molecular weight excluding hydrogens is 176 g/mol. The molecule has 0 fully saturated rings. The Bertz CT molecular complexity index is 502. The Hall–Kier alpha value is -1.90. The fraction of sp³-hybridized carbons (Fsp3) is 0.0909. The highest BCUT2D eigenvalue weighted by Gasteiger charge is 2.01. The number of nitrogens with zero attached hydrogens (tertiary/aromatic N) is 1. The topological polar surface area (TPSA) is 45.8 Å². The van der Waals surface area contributed by atoms with Gasteiger partial charge in [-0.3, -0.25) is 9.78 Å². The molecule has 3 nitrogen and oxygen atoms in total. The molecule has 0 saturated heterocycles. The Morgan fingerprint density at radius 2 is 2.21 bits per heavy atom. The Morgan fingerprint density at radius 3 is 2.93 bits per heavy atom. The van der Waals surface area contributed by atoms with Crippen molar-refractivity contribution in [1.29, 1.82) is 0 Å². The second-order valence-corrected chi connectivity index (χ2v) is 3.11. The number of rotatable bonds is 1. The quantitative estimate of drug-likeness (QED) is 0.737. The zero-order valence-electron chi connectivity index (χ0n) is 7.82. The third-order valence-electron chi connectivity index (χ3n) is 2.06. The van der Waals surface area contributed by atoms with Crippen molar-refractivity contribution in [2.45, 2.75) is 6.92 Å². The molecule has 70 valence electrons. The van der Waals surface area contributed by atoms with Gasteiger partial charge < -0.3 is 4.98 Å². The van der Waals surface area contributed by atoms with Crippen LogP contribution in [0.3, 0.4) is 0 Å². The summed E-state index contributed by atoms with van der Waals surface area (Å²) in [6.45, 7) is 1.98. The number of hydrogen-bond donors (Lipinski definition) is 1. The zero-order chi connectivity index (χ0) is 9.97. The predicted octanol–water partition coefficient (Wildman–Crippen LogP) is 1.75. The molecule has 2 aromatic heterocycles. The second kappa shape index (κ2) is 3.46. The number of H-pyrrole nitrogens is 1. The molecule has 0 radical (unpaired) electrons. The van der Waals surface area contributed by atoms with Crippen LogP contribution in [-0.2, 0) is 0 Å². The van der Waals surface area contributed by atoms with E-state index in [1.165, 1.54) is 0 Å². The molecule has 0 atom stereocenters. The van der Waals surface area contributed by atoms with Gasteiger partial charge in [0.25, 0.3) is 0 Å². The van der Waals surface area contributed by atoms with Crippen molar-refractivity contribution in [3.8, 4) is 11.3 Å². The highest BCUT2D eigenvalue weighted by molar-refractivity contribution is 5.61. The number of nitrogens with one attached hydrogen (secondary N) is 1. The first-order valence-corrected chi connectivity index (χ1v) is 4.38. The predicted molar refractivity (Wildman–Crippen MR) is 55.0 cm³/mol. The van der Waals surface area contributed by atoms with E-state index in [2.05, 4.69) is 9.97 Å². The van der Waals surface area contributed by atoms with Crippen LogP contribution in [-0.4, -0.2) is 9.97 Å². The lowest BCUT2D eigenvalue weighted by Gasteiger charge is -2.02. The zero-order valence-corrected chi connectivity index (χ0v) is 7.82. The molecule has 0 unspecified atom stereocenters. The van der Waals surface area contributed by atoms with E-state index in [9.17, 15) is 4.79 Å². The normalized spacial score (nSPS) is 10.1. The molecule has 2 aromatic rings. The fourth-order valence-corrected chi connectivity index (χ4v) is 1.38. The van der Waals surface area contributed by atoms with Crippen LogP contribution in [0.25, 0.3) is 11.3 Å². The molecule has 3 heteroatoms. The van der Waals surface area contributed by atoms with Crippen LogP contribution in [0.5, 0.6) is 0 Å². The molecule has 1 N–H and O–H groups in total. The van der Waals surface area contributed by atoms with Gasteiger partial charge in [0.15, 0.2) is 0 Å². The van der Waals surface area contributed by atoms with Crippen molar-refractivity contribution in [3.05, 3.63) is 52.6 Å². The van der Waals surface area contributed by atoms with E-state index in [1.807, 2.05) is 25.1 Å². The first kappa shape index (κ1) is 8.69. The van der Waals surface area contributed by atoms with Crippen molar-refractivity contribution in [2.75, 3.05) is 0 Å². The van der Waals surface area contributed by atoms with Crippen molar-refractivity contribution in [2.24, 2.45) is 0 Å². The van der Waals surface area contributed by atoms with E-state index in [0.29, 0.717) is 0 Å². The highest BCUT2D eigenvalue weighted by Crippen LogP contribution is 2.17. The van der Waals surface area contributed by atoms with Gasteiger partial charge in [0.05, 0.1) is 5.69 Å². The molecule has 0 saturated carbocycles. The summed E-state index contributed by atoms with van der Waals surface area (Å²) in [5, 5.41) is 0. The van der Waals surface area contributed by atoms with Gasteiger partial charge in [-0.1, -0.05) is 6.07 Å². The van der Waals surface area contributed by atoms with E-state index in [0.717, 1.165) is 16.8 Å². The van der Waals surface area contributed by atoms with Crippen LogP contribution in [0.15, 0.2) is 41.5 Å². The minimum atomic E-state index is -0.104. The number of aromatic amines is 1. The van der Waals surface area contributed by atoms with Gasteiger partial charge in [-0.05, 0) is 24.6 Å². The number of aromatic nitrogens is 2. The molecule has 0 aliphatic carbocycles. The van der Waals surface area contributed by atoms with Gasteiger partial charge in [-0.2, -0.15) is 0 Å². The summed E-state index contributed by atoms with van der Waals surface area (Å²) in [6.07, 6.45) is 3.36. The molecule has 2 rings (SSSR count). The van der Waals surface area contributed by atoms with E-state index in [-0.39, 0.29) is 5.56 Å². The summed E-state index contributed by atoms with van der Waals surface area (Å²) in [5.41, 5.74) is 2.68. The standard InChI is InChI=1S/C11H10N2O/c1-8-3-2-5-13-11(8)9-4-6-12-10(14)7-9/h2-7H,1H3,(H,12,14). The maximum atomic E-state index is 11.1. The van der Waals surface area contributed by atoms with Crippen LogP contribution in [0, 0.1) is 6.92 Å². The summed E-state index contributed by atoms with van der Waals surface area (Å²) in [4.78, 5) is 17.9. The van der Waals surface area contributed by atoms with Crippen LogP contribution >= 0.6 is 0 Å². The largest absolute Gasteiger partial charge is 0.329 e. The molecule has 0 aliphatic rings. The molecule has 0 spiro atoms. The van der Waals surface area contributed by atoms with Gasteiger partial charge in [0, 0.05) is 24.0 Å². The molecule has 0 aliphatic heterocycles. The molecular formula is C11H10N2O. The lowest BCUT2D eigenvalue weighted by molar-refractivity contribution is 1.21. The van der Waals surface area contributed by atoms with E-state index >= 15 is 0 Å². The van der Waals surface area contributed by atoms with E-state index in [4.69, 9.17) is 0 Å². The number of pyridine rings is 2. The smallest absolute Gasteiger partial charge is 0.248 e. The lowest BCUT2D eigenvalue weighted by atomic mass is 10.1. The van der Waals surface area contributed by atoms with Crippen LogP contribution in [0.2, 0.25) is 0 Å². The first-order valence-electron chi connectivity index (χ1n) is 4.38. The average Bonchev–Trinajstić information content (AvgIpc) is 2.18. The molecule has 0 amide bonds. The highest BCUT2D eigenvalue weighted by atomic mass is 16.1. The maximum Gasteiger partial charge on any atom is 0.248 e. The summed E-state index contributed by atoms with van der Waals surface area (Å²) in [6, 6.07) is 7.25. The van der Waals surface area contributed by atoms with Crippen LogP contribution in [0.4, 0.5) is 0 Å². The summed E-state index contributed by atoms with van der Waals surface area (Å²) < 4.78 is 0. The average molecular weight is 186 g/mol. The molecule has 0 bridgehead atoms. The minimum absolute atomic E-state index is 0.104. The maximum absolute atomic E-state index is 11.1. The number of aryl methyl sites for hydroxylation is 1.